The van der Waals surface area contributed by atoms with Crippen LogP contribution in [0.4, 0.5) is 0 Å². The SMILES string of the molecule is CCCCCCCC/C=C\CCCCCCCCCCCC(=O)OCC(O)COP(=O)(O)OCC(N)C(=O)O. The summed E-state index contributed by atoms with van der Waals surface area (Å²) in [5.41, 5.74) is 5.17. The van der Waals surface area contributed by atoms with E-state index in [4.69, 9.17) is 15.6 Å². The Bertz CT molecular complexity index is 690. The summed E-state index contributed by atoms with van der Waals surface area (Å²) in [6.45, 7) is 0.509. The van der Waals surface area contributed by atoms with Crippen LogP contribution < -0.4 is 5.73 Å². The standard InChI is InChI=1S/C28H54NO9P/c1-2-3-4-5-6-7-8-9-10-11-12-13-14-15-16-17-18-19-20-21-27(31)36-22-25(30)23-37-39(34,35)38-24-26(29)28(32)33/h9-10,25-26,30H,2-8,11-24,29H2,1H3,(H,32,33)(H,34,35)/b10-9-. The number of aliphatic hydroxyl groups is 1. The van der Waals surface area contributed by atoms with E-state index in [0.717, 1.165) is 19.3 Å². The van der Waals surface area contributed by atoms with Crippen LogP contribution in [0.1, 0.15) is 122 Å². The molecule has 10 nitrogen and oxygen atoms in total. The Morgan fingerprint density at radius 1 is 0.769 bits per heavy atom. The van der Waals surface area contributed by atoms with Gasteiger partial charge in [-0.15, -0.1) is 0 Å². The number of carboxylic acid groups (broad SMARTS) is 1. The van der Waals surface area contributed by atoms with Gasteiger partial charge >= 0.3 is 19.8 Å². The Morgan fingerprint density at radius 3 is 1.74 bits per heavy atom. The van der Waals surface area contributed by atoms with Crippen LogP contribution in [0.3, 0.4) is 0 Å². The topological polar surface area (TPSA) is 166 Å². The number of rotatable bonds is 28. The van der Waals surface area contributed by atoms with Crippen LogP contribution in [0, 0.1) is 0 Å². The molecule has 0 heterocycles. The molecule has 0 aliphatic heterocycles. The maximum atomic E-state index is 11.8. The van der Waals surface area contributed by atoms with E-state index in [1.54, 1.807) is 0 Å². The highest BCUT2D eigenvalue weighted by molar-refractivity contribution is 7.47. The number of phosphoric ester groups is 1. The third kappa shape index (κ3) is 26.7. The highest BCUT2D eigenvalue weighted by atomic mass is 31.2. The minimum Gasteiger partial charge on any atom is -0.480 e. The van der Waals surface area contributed by atoms with E-state index in [2.05, 4.69) is 28.1 Å². The minimum absolute atomic E-state index is 0.245. The van der Waals surface area contributed by atoms with Crippen molar-refractivity contribution in [3.05, 3.63) is 12.2 Å². The molecule has 0 aromatic rings. The van der Waals surface area contributed by atoms with Crippen molar-refractivity contribution in [2.24, 2.45) is 5.73 Å². The summed E-state index contributed by atoms with van der Waals surface area (Å²) in [4.78, 5) is 31.8. The number of aliphatic hydroxyl groups excluding tert-OH is 1. The molecule has 11 heteroatoms. The molecule has 0 saturated heterocycles. The number of unbranched alkanes of at least 4 members (excludes halogenated alkanes) is 15. The summed E-state index contributed by atoms with van der Waals surface area (Å²) < 4.78 is 25.6. The smallest absolute Gasteiger partial charge is 0.472 e. The first-order chi connectivity index (χ1) is 18.7. The van der Waals surface area contributed by atoms with Crippen molar-refractivity contribution in [1.29, 1.82) is 0 Å². The fourth-order valence-electron chi connectivity index (χ4n) is 3.82. The van der Waals surface area contributed by atoms with Gasteiger partial charge in [-0.05, 0) is 32.1 Å². The van der Waals surface area contributed by atoms with Gasteiger partial charge in [-0.2, -0.15) is 0 Å². The third-order valence-corrected chi connectivity index (χ3v) is 7.19. The number of carbonyl (C=O) groups excluding carboxylic acids is 1. The molecule has 0 radical (unpaired) electrons. The van der Waals surface area contributed by atoms with E-state index in [1.165, 1.54) is 83.5 Å². The molecule has 0 rings (SSSR count). The maximum Gasteiger partial charge on any atom is 0.472 e. The van der Waals surface area contributed by atoms with Gasteiger partial charge in [0.2, 0.25) is 0 Å². The molecule has 0 amide bonds. The number of phosphoric acid groups is 1. The van der Waals surface area contributed by atoms with Gasteiger partial charge < -0.3 is 25.6 Å². The molecule has 0 bridgehead atoms. The van der Waals surface area contributed by atoms with E-state index in [9.17, 15) is 24.2 Å². The van der Waals surface area contributed by atoms with E-state index < -0.39 is 45.1 Å². The summed E-state index contributed by atoms with van der Waals surface area (Å²) >= 11 is 0. The van der Waals surface area contributed by atoms with Gasteiger partial charge in [-0.3, -0.25) is 18.6 Å². The van der Waals surface area contributed by atoms with Crippen molar-refractivity contribution in [3.63, 3.8) is 0 Å². The van der Waals surface area contributed by atoms with Crippen molar-refractivity contribution < 1.29 is 43.0 Å². The van der Waals surface area contributed by atoms with Crippen LogP contribution in [-0.4, -0.2) is 59.0 Å². The monoisotopic (exact) mass is 579 g/mol. The van der Waals surface area contributed by atoms with Crippen molar-refractivity contribution in [2.45, 2.75) is 135 Å². The fourth-order valence-corrected chi connectivity index (χ4v) is 4.60. The Kier molecular flexibility index (Phi) is 24.8. The summed E-state index contributed by atoms with van der Waals surface area (Å²) in [7, 11) is -4.58. The largest absolute Gasteiger partial charge is 0.480 e. The van der Waals surface area contributed by atoms with E-state index >= 15 is 0 Å². The molecule has 0 aromatic carbocycles. The first-order valence-corrected chi connectivity index (χ1v) is 16.3. The number of hydrogen-bond acceptors (Lipinski definition) is 8. The lowest BCUT2D eigenvalue weighted by atomic mass is 10.1. The fraction of sp³-hybridized carbons (Fsp3) is 0.857. The summed E-state index contributed by atoms with van der Waals surface area (Å²) in [6.07, 6.45) is 24.3. The summed E-state index contributed by atoms with van der Waals surface area (Å²) in [5.74, 6) is -1.85. The lowest BCUT2D eigenvalue weighted by Crippen LogP contribution is -2.34. The Hall–Kier alpha value is -1.29. The molecular formula is C28H54NO9P. The van der Waals surface area contributed by atoms with Gasteiger partial charge in [0, 0.05) is 6.42 Å². The minimum atomic E-state index is -4.58. The number of hydrogen-bond donors (Lipinski definition) is 4. The molecule has 230 valence electrons. The zero-order valence-electron chi connectivity index (χ0n) is 24.0. The summed E-state index contributed by atoms with van der Waals surface area (Å²) in [6, 6.07) is -1.48. The Balaban J connectivity index is 3.52. The van der Waals surface area contributed by atoms with Crippen LogP contribution in [0.25, 0.3) is 0 Å². The van der Waals surface area contributed by atoms with Crippen molar-refractivity contribution in [1.82, 2.24) is 0 Å². The van der Waals surface area contributed by atoms with Crippen molar-refractivity contribution in [3.8, 4) is 0 Å². The second kappa shape index (κ2) is 25.7. The van der Waals surface area contributed by atoms with Crippen molar-refractivity contribution in [2.75, 3.05) is 19.8 Å². The summed E-state index contributed by atoms with van der Waals surface area (Å²) in [5, 5.41) is 18.4. The zero-order chi connectivity index (χ0) is 29.2. The first-order valence-electron chi connectivity index (χ1n) is 14.8. The lowest BCUT2D eigenvalue weighted by molar-refractivity contribution is -0.147. The molecule has 0 aliphatic carbocycles. The number of ether oxygens (including phenoxy) is 1. The molecule has 0 saturated carbocycles. The van der Waals surface area contributed by atoms with Crippen LogP contribution in [0.15, 0.2) is 12.2 Å². The maximum absolute atomic E-state index is 11.8. The van der Waals surface area contributed by atoms with Crippen LogP contribution in [0.2, 0.25) is 0 Å². The molecular weight excluding hydrogens is 525 g/mol. The van der Waals surface area contributed by atoms with Crippen molar-refractivity contribution >= 4 is 19.8 Å². The number of carbonyl (C=O) groups is 2. The predicted octanol–water partition coefficient (Wildman–Crippen LogP) is 6.03. The molecule has 39 heavy (non-hydrogen) atoms. The van der Waals surface area contributed by atoms with E-state index in [0.29, 0.717) is 6.42 Å². The van der Waals surface area contributed by atoms with Gasteiger partial charge in [-0.25, -0.2) is 4.57 Å². The highest BCUT2D eigenvalue weighted by Crippen LogP contribution is 2.43. The van der Waals surface area contributed by atoms with Crippen LogP contribution in [-0.2, 0) is 27.9 Å². The number of aliphatic carboxylic acids is 1. The number of carboxylic acids is 1. The van der Waals surface area contributed by atoms with Gasteiger partial charge in [0.05, 0.1) is 13.2 Å². The Labute approximate surface area is 235 Å². The number of esters is 1. The van der Waals surface area contributed by atoms with Crippen LogP contribution in [0.5, 0.6) is 0 Å². The molecule has 0 spiro atoms. The number of nitrogens with two attached hydrogens (primary N) is 1. The second-order valence-corrected chi connectivity index (χ2v) is 11.5. The second-order valence-electron chi connectivity index (χ2n) is 10.1. The van der Waals surface area contributed by atoms with Gasteiger partial charge in [0.1, 0.15) is 18.8 Å². The quantitative estimate of drug-likeness (QED) is 0.0372. The zero-order valence-corrected chi connectivity index (χ0v) is 24.9. The van der Waals surface area contributed by atoms with Gasteiger partial charge in [0.15, 0.2) is 0 Å². The molecule has 3 atom stereocenters. The van der Waals surface area contributed by atoms with Gasteiger partial charge in [-0.1, -0.05) is 96.1 Å². The molecule has 0 fully saturated rings. The predicted molar refractivity (Wildman–Crippen MR) is 152 cm³/mol. The lowest BCUT2D eigenvalue weighted by Gasteiger charge is -2.16. The normalized spacial score (nSPS) is 14.8. The van der Waals surface area contributed by atoms with E-state index in [-0.39, 0.29) is 13.0 Å². The van der Waals surface area contributed by atoms with Crippen LogP contribution >= 0.6 is 7.82 Å². The Morgan fingerprint density at radius 2 is 1.23 bits per heavy atom. The highest BCUT2D eigenvalue weighted by Gasteiger charge is 2.26. The van der Waals surface area contributed by atoms with E-state index in [1.807, 2.05) is 0 Å². The molecule has 5 N–H and O–H groups in total. The molecule has 0 aliphatic rings. The average Bonchev–Trinajstić information content (AvgIpc) is 2.90. The first kappa shape index (κ1) is 37.7. The third-order valence-electron chi connectivity index (χ3n) is 6.24. The average molecular weight is 580 g/mol. The number of allylic oxidation sites excluding steroid dienone is 2. The molecule has 0 aromatic heterocycles. The van der Waals surface area contributed by atoms with Gasteiger partial charge in [0.25, 0.3) is 0 Å². The molecule has 3 unspecified atom stereocenters.